The molecule has 0 fully saturated rings. The Morgan fingerprint density at radius 1 is 0.730 bits per heavy atom. The van der Waals surface area contributed by atoms with Gasteiger partial charge in [0.25, 0.3) is 15.9 Å². The lowest BCUT2D eigenvalue weighted by Gasteiger charge is -2.34. The van der Waals surface area contributed by atoms with Gasteiger partial charge < -0.3 is 5.32 Å². The van der Waals surface area contributed by atoms with E-state index in [9.17, 15) is 18.0 Å². The minimum atomic E-state index is -4.14. The molecule has 4 aromatic carbocycles. The highest BCUT2D eigenvalue weighted by Crippen LogP contribution is 2.38. The Balaban J connectivity index is 1.74. The number of carbonyl (C=O) groups excluding carboxylic acids is 2. The second-order valence-corrected chi connectivity index (χ2v) is 10.6. The highest BCUT2D eigenvalue weighted by molar-refractivity contribution is 7.89. The van der Waals surface area contributed by atoms with Gasteiger partial charge in [-0.05, 0) is 35.9 Å². The maximum atomic E-state index is 13.9. The van der Waals surface area contributed by atoms with E-state index in [2.05, 4.69) is 5.32 Å². The summed E-state index contributed by atoms with van der Waals surface area (Å²) in [5.74, 6) is -1.03. The Morgan fingerprint density at radius 2 is 1.32 bits per heavy atom. The van der Waals surface area contributed by atoms with Crippen LogP contribution in [0.25, 0.3) is 5.70 Å². The van der Waals surface area contributed by atoms with E-state index in [0.29, 0.717) is 21.7 Å². The molecule has 6 nitrogen and oxygen atoms in total. The smallest absolute Gasteiger partial charge is 0.265 e. The Labute approximate surface area is 219 Å². The number of amides is 1. The number of benzene rings is 4. The molecule has 0 bridgehead atoms. The largest absolute Gasteiger partial charge is 0.319 e. The molecule has 0 aliphatic carbocycles. The fourth-order valence-electron chi connectivity index (χ4n) is 4.17. The Hall–Kier alpha value is -4.20. The van der Waals surface area contributed by atoms with Crippen molar-refractivity contribution < 1.29 is 18.0 Å². The molecule has 0 radical (unpaired) electrons. The summed E-state index contributed by atoms with van der Waals surface area (Å²) in [6.07, 6.45) is 0. The van der Waals surface area contributed by atoms with E-state index in [4.69, 9.17) is 11.6 Å². The predicted molar refractivity (Wildman–Crippen MR) is 142 cm³/mol. The van der Waals surface area contributed by atoms with E-state index in [1.165, 1.54) is 6.07 Å². The summed E-state index contributed by atoms with van der Waals surface area (Å²) >= 11 is 5.98. The van der Waals surface area contributed by atoms with Gasteiger partial charge >= 0.3 is 0 Å². The molecule has 4 aromatic rings. The first-order chi connectivity index (χ1) is 17.9. The topological polar surface area (TPSA) is 83.6 Å². The van der Waals surface area contributed by atoms with Crippen molar-refractivity contribution in [3.63, 3.8) is 0 Å². The normalized spacial score (nSPS) is 14.1. The van der Waals surface area contributed by atoms with E-state index in [-0.39, 0.29) is 28.4 Å². The summed E-state index contributed by atoms with van der Waals surface area (Å²) in [6, 6.07) is 30.0. The van der Waals surface area contributed by atoms with Crippen molar-refractivity contribution in [3.8, 4) is 0 Å². The van der Waals surface area contributed by atoms with E-state index in [0.717, 1.165) is 4.31 Å². The molecular weight excluding hydrogens is 508 g/mol. The maximum absolute atomic E-state index is 13.9. The van der Waals surface area contributed by atoms with Crippen LogP contribution >= 0.6 is 11.6 Å². The summed E-state index contributed by atoms with van der Waals surface area (Å²) in [6.45, 7) is -0.0915. The van der Waals surface area contributed by atoms with Gasteiger partial charge in [-0.3, -0.25) is 13.9 Å². The minimum Gasteiger partial charge on any atom is -0.319 e. The molecule has 8 heteroatoms. The van der Waals surface area contributed by atoms with Crippen LogP contribution in [0, 0.1) is 0 Å². The van der Waals surface area contributed by atoms with Crippen molar-refractivity contribution in [3.05, 3.63) is 142 Å². The van der Waals surface area contributed by atoms with Gasteiger partial charge in [0.1, 0.15) is 5.70 Å². The van der Waals surface area contributed by atoms with Crippen molar-refractivity contribution in [2.75, 3.05) is 0 Å². The summed E-state index contributed by atoms with van der Waals surface area (Å²) in [4.78, 5) is 27.2. The third-order valence-corrected chi connectivity index (χ3v) is 8.03. The monoisotopic (exact) mass is 528 g/mol. The second kappa shape index (κ2) is 10.0. The lowest BCUT2D eigenvalue weighted by molar-refractivity contribution is 0.0972. The van der Waals surface area contributed by atoms with Gasteiger partial charge in [0, 0.05) is 21.7 Å². The molecule has 0 unspecified atom stereocenters. The first kappa shape index (κ1) is 24.5. The molecule has 1 heterocycles. The van der Waals surface area contributed by atoms with Gasteiger partial charge in [-0.15, -0.1) is 0 Å². The quantitative estimate of drug-likeness (QED) is 0.334. The zero-order valence-electron chi connectivity index (χ0n) is 19.5. The zero-order valence-corrected chi connectivity index (χ0v) is 21.0. The number of hydrogen-bond acceptors (Lipinski definition) is 4. The molecule has 1 N–H and O–H groups in total. The third-order valence-electron chi connectivity index (χ3n) is 5.98. The van der Waals surface area contributed by atoms with Crippen molar-refractivity contribution >= 4 is 39.0 Å². The number of halogens is 1. The van der Waals surface area contributed by atoms with Crippen LogP contribution in [0.15, 0.2) is 120 Å². The average molecular weight is 529 g/mol. The van der Waals surface area contributed by atoms with Gasteiger partial charge in [0.05, 0.1) is 17.1 Å². The van der Waals surface area contributed by atoms with Crippen LogP contribution in [0.4, 0.5) is 0 Å². The summed E-state index contributed by atoms with van der Waals surface area (Å²) in [5, 5.41) is 3.31. The zero-order chi connectivity index (χ0) is 26.0. The number of carbonyl (C=O) groups is 2. The molecule has 1 aliphatic heterocycles. The number of ketones is 1. The number of Topliss-reactive ketones (excluding diaryl/α,β-unsaturated/α-hetero) is 1. The Kier molecular flexibility index (Phi) is 6.65. The van der Waals surface area contributed by atoms with Crippen LogP contribution in [0.3, 0.4) is 0 Å². The van der Waals surface area contributed by atoms with Crippen molar-refractivity contribution in [1.82, 2.24) is 9.62 Å². The van der Waals surface area contributed by atoms with Crippen LogP contribution in [0.5, 0.6) is 0 Å². The molecule has 1 aliphatic rings. The molecule has 0 saturated heterocycles. The molecule has 37 heavy (non-hydrogen) atoms. The number of fused-ring (bicyclic) bond motifs is 1. The van der Waals surface area contributed by atoms with Gasteiger partial charge in [-0.1, -0.05) is 90.5 Å². The fraction of sp³-hybridized carbons (Fsp3) is 0.0345. The molecule has 0 spiro atoms. The van der Waals surface area contributed by atoms with E-state index >= 15 is 0 Å². The molecule has 0 atom stereocenters. The Bertz CT molecular complexity index is 1620. The van der Waals surface area contributed by atoms with Gasteiger partial charge in [-0.2, -0.15) is 0 Å². The van der Waals surface area contributed by atoms with Crippen LogP contribution in [-0.2, 0) is 16.6 Å². The van der Waals surface area contributed by atoms with Crippen LogP contribution in [0.2, 0.25) is 5.02 Å². The summed E-state index contributed by atoms with van der Waals surface area (Å²) in [5.41, 5.74) is 1.53. The molecular formula is C29H21ClN2O4S. The number of rotatable bonds is 6. The number of allylic oxidation sites excluding steroid dienone is 1. The number of hydrogen-bond donors (Lipinski definition) is 1. The predicted octanol–water partition coefficient (Wildman–Crippen LogP) is 5.53. The fourth-order valence-corrected chi connectivity index (χ4v) is 5.96. The van der Waals surface area contributed by atoms with E-state index in [1.54, 1.807) is 97.1 Å². The van der Waals surface area contributed by atoms with E-state index in [1.807, 2.05) is 6.07 Å². The van der Waals surface area contributed by atoms with Crippen molar-refractivity contribution in [2.24, 2.45) is 0 Å². The standard InChI is InChI=1S/C29H21ClN2O4S/c30-23-17-15-22(16-18-23)29(34)31-26-24-13-7-8-14-25(24)37(35,36)32(19-20-9-3-1-4-10-20)27(26)28(33)21-11-5-2-6-12-21/h1-18H,19H2,(H,31,34). The first-order valence-electron chi connectivity index (χ1n) is 11.4. The number of nitrogens with one attached hydrogen (secondary N) is 1. The van der Waals surface area contributed by atoms with Gasteiger partial charge in [-0.25, -0.2) is 8.42 Å². The maximum Gasteiger partial charge on any atom is 0.265 e. The highest BCUT2D eigenvalue weighted by atomic mass is 35.5. The van der Waals surface area contributed by atoms with Gasteiger partial charge in [0.15, 0.2) is 0 Å². The van der Waals surface area contributed by atoms with Crippen LogP contribution < -0.4 is 5.32 Å². The van der Waals surface area contributed by atoms with Crippen molar-refractivity contribution in [1.29, 1.82) is 0 Å². The SMILES string of the molecule is O=C(NC1=C(C(=O)c2ccccc2)N(Cc2ccccc2)S(=O)(=O)c2ccccc21)c1ccc(Cl)cc1. The van der Waals surface area contributed by atoms with Gasteiger partial charge in [0.2, 0.25) is 5.78 Å². The van der Waals surface area contributed by atoms with E-state index < -0.39 is 21.7 Å². The Morgan fingerprint density at radius 3 is 2.00 bits per heavy atom. The first-order valence-corrected chi connectivity index (χ1v) is 13.2. The molecule has 1 amide bonds. The molecule has 0 aromatic heterocycles. The lowest BCUT2D eigenvalue weighted by atomic mass is 10.0. The lowest BCUT2D eigenvalue weighted by Crippen LogP contribution is -2.41. The molecule has 184 valence electrons. The minimum absolute atomic E-state index is 0.00180. The molecule has 5 rings (SSSR count). The summed E-state index contributed by atoms with van der Waals surface area (Å²) < 4.78 is 28.9. The highest BCUT2D eigenvalue weighted by Gasteiger charge is 2.40. The molecule has 0 saturated carbocycles. The third kappa shape index (κ3) is 4.79. The number of nitrogens with zero attached hydrogens (tertiary/aromatic N) is 1. The van der Waals surface area contributed by atoms with Crippen molar-refractivity contribution in [2.45, 2.75) is 11.4 Å². The van der Waals surface area contributed by atoms with Crippen LogP contribution in [-0.4, -0.2) is 24.4 Å². The second-order valence-electron chi connectivity index (χ2n) is 8.37. The van der Waals surface area contributed by atoms with Crippen LogP contribution in [0.1, 0.15) is 31.8 Å². The summed E-state index contributed by atoms with van der Waals surface area (Å²) in [7, 11) is -4.14. The average Bonchev–Trinajstić information content (AvgIpc) is 2.92. The number of sulfonamides is 1.